The second kappa shape index (κ2) is 6.18. The predicted octanol–water partition coefficient (Wildman–Crippen LogP) is 1.49. The van der Waals surface area contributed by atoms with Gasteiger partial charge < -0.3 is 15.7 Å². The lowest BCUT2D eigenvalue weighted by atomic mass is 9.95. The van der Waals surface area contributed by atoms with Crippen molar-refractivity contribution < 1.29 is 19.5 Å². The average molecular weight is 278 g/mol. The number of carbonyl (C=O) groups excluding carboxylic acids is 2. The van der Waals surface area contributed by atoms with Crippen LogP contribution in [0.2, 0.25) is 0 Å². The molecular formula is C14H18N2O4. The second-order valence-electron chi connectivity index (χ2n) is 5.36. The molecule has 0 bridgehead atoms. The lowest BCUT2D eigenvalue weighted by Gasteiger charge is -2.17. The summed E-state index contributed by atoms with van der Waals surface area (Å²) in [5.74, 6) is -1.70. The second-order valence-corrected chi connectivity index (χ2v) is 5.36. The van der Waals surface area contributed by atoms with Gasteiger partial charge in [-0.15, -0.1) is 0 Å². The molecule has 0 radical (unpaired) electrons. The van der Waals surface area contributed by atoms with Crippen LogP contribution in [0.1, 0.15) is 31.1 Å². The molecule has 1 aromatic carbocycles. The van der Waals surface area contributed by atoms with Crippen molar-refractivity contribution in [2.75, 3.05) is 11.9 Å². The van der Waals surface area contributed by atoms with Crippen molar-refractivity contribution in [2.45, 2.75) is 20.8 Å². The van der Waals surface area contributed by atoms with Crippen LogP contribution in [0, 0.1) is 5.41 Å². The maximum absolute atomic E-state index is 11.8. The van der Waals surface area contributed by atoms with Crippen molar-refractivity contribution in [1.29, 1.82) is 0 Å². The van der Waals surface area contributed by atoms with Gasteiger partial charge in [-0.25, -0.2) is 0 Å². The van der Waals surface area contributed by atoms with Gasteiger partial charge in [-0.3, -0.25) is 14.4 Å². The lowest BCUT2D eigenvalue weighted by molar-refractivity contribution is -0.135. The van der Waals surface area contributed by atoms with Crippen molar-refractivity contribution in [3.05, 3.63) is 29.8 Å². The molecule has 0 saturated heterocycles. The average Bonchev–Trinajstić information content (AvgIpc) is 2.35. The number of carbonyl (C=O) groups is 3. The van der Waals surface area contributed by atoms with E-state index in [1.165, 1.54) is 12.1 Å². The van der Waals surface area contributed by atoms with Crippen LogP contribution in [0.5, 0.6) is 0 Å². The van der Waals surface area contributed by atoms with Gasteiger partial charge in [-0.05, 0) is 24.3 Å². The van der Waals surface area contributed by atoms with E-state index < -0.39 is 23.8 Å². The fraction of sp³-hybridized carbons (Fsp3) is 0.357. The number of nitrogens with one attached hydrogen (secondary N) is 2. The van der Waals surface area contributed by atoms with Crippen LogP contribution >= 0.6 is 0 Å². The molecule has 0 spiro atoms. The Labute approximate surface area is 117 Å². The van der Waals surface area contributed by atoms with E-state index in [0.717, 1.165) is 0 Å². The maximum Gasteiger partial charge on any atom is 0.322 e. The number of carboxylic acid groups (broad SMARTS) is 1. The summed E-state index contributed by atoms with van der Waals surface area (Å²) in [5, 5.41) is 13.5. The number of hydrogen-bond donors (Lipinski definition) is 3. The van der Waals surface area contributed by atoms with Crippen LogP contribution in [0.4, 0.5) is 5.69 Å². The number of hydrogen-bond acceptors (Lipinski definition) is 3. The fourth-order valence-corrected chi connectivity index (χ4v) is 1.28. The van der Waals surface area contributed by atoms with E-state index in [1.54, 1.807) is 32.9 Å². The Balaban J connectivity index is 2.67. The molecule has 0 aliphatic rings. The van der Waals surface area contributed by atoms with E-state index >= 15 is 0 Å². The van der Waals surface area contributed by atoms with E-state index in [9.17, 15) is 14.4 Å². The summed E-state index contributed by atoms with van der Waals surface area (Å²) in [4.78, 5) is 33.7. The Hall–Kier alpha value is -2.37. The van der Waals surface area contributed by atoms with Gasteiger partial charge in [0.05, 0.1) is 0 Å². The summed E-state index contributed by atoms with van der Waals surface area (Å²) in [6.45, 7) is 4.98. The Kier molecular flexibility index (Phi) is 4.85. The first-order valence-corrected chi connectivity index (χ1v) is 6.11. The topological polar surface area (TPSA) is 95.5 Å². The minimum Gasteiger partial charge on any atom is -0.480 e. The molecule has 108 valence electrons. The van der Waals surface area contributed by atoms with Gasteiger partial charge in [0.15, 0.2) is 0 Å². The van der Waals surface area contributed by atoms with Gasteiger partial charge in [0.2, 0.25) is 5.91 Å². The molecule has 1 rings (SSSR count). The number of benzene rings is 1. The molecule has 6 heteroatoms. The monoisotopic (exact) mass is 278 g/mol. The summed E-state index contributed by atoms with van der Waals surface area (Å²) in [6, 6.07) is 6.24. The summed E-state index contributed by atoms with van der Waals surface area (Å²) in [6.07, 6.45) is 0. The molecule has 0 unspecified atom stereocenters. The molecule has 0 aliphatic carbocycles. The number of aliphatic carboxylic acids is 1. The van der Waals surface area contributed by atoms with Gasteiger partial charge in [-0.1, -0.05) is 20.8 Å². The van der Waals surface area contributed by atoms with Gasteiger partial charge >= 0.3 is 5.97 Å². The molecule has 20 heavy (non-hydrogen) atoms. The van der Waals surface area contributed by atoms with E-state index in [2.05, 4.69) is 10.6 Å². The van der Waals surface area contributed by atoms with Crippen molar-refractivity contribution >= 4 is 23.5 Å². The third-order valence-electron chi connectivity index (χ3n) is 2.49. The first kappa shape index (κ1) is 15.7. The summed E-state index contributed by atoms with van der Waals surface area (Å²) in [7, 11) is 0. The van der Waals surface area contributed by atoms with E-state index in [-0.39, 0.29) is 5.91 Å². The molecule has 3 N–H and O–H groups in total. The molecule has 0 atom stereocenters. The largest absolute Gasteiger partial charge is 0.480 e. The molecule has 0 aliphatic heterocycles. The number of carboxylic acids is 1. The first-order chi connectivity index (χ1) is 9.20. The summed E-state index contributed by atoms with van der Waals surface area (Å²) in [5.41, 5.74) is 0.414. The zero-order valence-electron chi connectivity index (χ0n) is 11.7. The number of anilines is 1. The van der Waals surface area contributed by atoms with Crippen LogP contribution in [-0.4, -0.2) is 29.4 Å². The molecule has 2 amide bonds. The van der Waals surface area contributed by atoms with Crippen LogP contribution in [0.15, 0.2) is 24.3 Å². The van der Waals surface area contributed by atoms with E-state index in [0.29, 0.717) is 11.3 Å². The normalized spacial score (nSPS) is 10.8. The zero-order valence-corrected chi connectivity index (χ0v) is 11.7. The minimum atomic E-state index is -1.10. The predicted molar refractivity (Wildman–Crippen MR) is 74.5 cm³/mol. The molecule has 1 aromatic rings. The van der Waals surface area contributed by atoms with Gasteiger partial charge in [0, 0.05) is 16.7 Å². The van der Waals surface area contributed by atoms with Gasteiger partial charge in [0.1, 0.15) is 6.54 Å². The smallest absolute Gasteiger partial charge is 0.322 e. The first-order valence-electron chi connectivity index (χ1n) is 6.11. The van der Waals surface area contributed by atoms with Crippen LogP contribution < -0.4 is 10.6 Å². The maximum atomic E-state index is 11.8. The highest BCUT2D eigenvalue weighted by molar-refractivity contribution is 5.97. The quantitative estimate of drug-likeness (QED) is 0.777. The molecule has 0 aromatic heterocycles. The Morgan fingerprint density at radius 3 is 2.10 bits per heavy atom. The molecule has 6 nitrogen and oxygen atoms in total. The highest BCUT2D eigenvalue weighted by Gasteiger charge is 2.21. The van der Waals surface area contributed by atoms with Crippen molar-refractivity contribution in [1.82, 2.24) is 5.32 Å². The number of amides is 2. The standard InChI is InChI=1S/C14H18N2O4/c1-14(2,3)13(20)16-10-6-4-9(5-7-10)12(19)15-8-11(17)18/h4-7H,8H2,1-3H3,(H,15,19)(H,16,20)(H,17,18). The third kappa shape index (κ3) is 4.72. The third-order valence-corrected chi connectivity index (χ3v) is 2.49. The number of rotatable bonds is 4. The van der Waals surface area contributed by atoms with Crippen molar-refractivity contribution in [2.24, 2.45) is 5.41 Å². The Morgan fingerprint density at radius 1 is 1.10 bits per heavy atom. The van der Waals surface area contributed by atoms with E-state index in [1.807, 2.05) is 0 Å². The van der Waals surface area contributed by atoms with Crippen molar-refractivity contribution in [3.8, 4) is 0 Å². The molecular weight excluding hydrogens is 260 g/mol. The SMILES string of the molecule is CC(C)(C)C(=O)Nc1ccc(C(=O)NCC(=O)O)cc1. The molecule has 0 heterocycles. The van der Waals surface area contributed by atoms with Crippen LogP contribution in [0.25, 0.3) is 0 Å². The fourth-order valence-electron chi connectivity index (χ4n) is 1.28. The zero-order chi connectivity index (χ0) is 15.3. The van der Waals surface area contributed by atoms with Crippen LogP contribution in [-0.2, 0) is 9.59 Å². The minimum absolute atomic E-state index is 0.124. The molecule has 0 saturated carbocycles. The lowest BCUT2D eigenvalue weighted by Crippen LogP contribution is -2.29. The van der Waals surface area contributed by atoms with E-state index in [4.69, 9.17) is 5.11 Å². The summed E-state index contributed by atoms with van der Waals surface area (Å²) < 4.78 is 0. The Bertz CT molecular complexity index is 515. The Morgan fingerprint density at radius 2 is 1.65 bits per heavy atom. The highest BCUT2D eigenvalue weighted by Crippen LogP contribution is 2.17. The summed E-state index contributed by atoms with van der Waals surface area (Å²) >= 11 is 0. The van der Waals surface area contributed by atoms with Gasteiger partial charge in [0.25, 0.3) is 5.91 Å². The molecule has 0 fully saturated rings. The van der Waals surface area contributed by atoms with Gasteiger partial charge in [-0.2, -0.15) is 0 Å². The van der Waals surface area contributed by atoms with Crippen molar-refractivity contribution in [3.63, 3.8) is 0 Å². The highest BCUT2D eigenvalue weighted by atomic mass is 16.4. The van der Waals surface area contributed by atoms with Crippen LogP contribution in [0.3, 0.4) is 0 Å².